The lowest BCUT2D eigenvalue weighted by molar-refractivity contribution is -0.118. The molecule has 0 aliphatic carbocycles. The largest absolute Gasteiger partial charge is 0.379 e. The summed E-state index contributed by atoms with van der Waals surface area (Å²) in [6, 6.07) is 0. The summed E-state index contributed by atoms with van der Waals surface area (Å²) in [4.78, 5) is 13.2. The molecular weight excluding hydrogens is 248 g/mol. The predicted octanol–water partition coefficient (Wildman–Crippen LogP) is 0.220. The van der Waals surface area contributed by atoms with E-state index < -0.39 is 0 Å². The summed E-state index contributed by atoms with van der Waals surface area (Å²) in [7, 11) is 0. The normalized spacial score (nSPS) is 18.1. The number of hydrogen-bond donors (Lipinski definition) is 1. The van der Waals surface area contributed by atoms with Crippen LogP contribution < -0.4 is 5.32 Å². The number of rotatable bonds is 5. The second kappa shape index (κ2) is 7.20. The van der Waals surface area contributed by atoms with Crippen molar-refractivity contribution < 1.29 is 9.53 Å². The van der Waals surface area contributed by atoms with E-state index in [1.54, 1.807) is 0 Å². The van der Waals surface area contributed by atoms with Gasteiger partial charge in [0.15, 0.2) is 0 Å². The van der Waals surface area contributed by atoms with Gasteiger partial charge in [0, 0.05) is 19.6 Å². The number of morpholine rings is 1. The molecule has 0 spiro atoms. The fraction of sp³-hybridized carbons (Fsp3) is 0.889. The number of carbonyl (C=O) groups is 1. The molecule has 1 saturated heterocycles. The molecule has 1 amide bonds. The second-order valence-corrected chi connectivity index (χ2v) is 3.85. The minimum atomic E-state index is 0.0620. The van der Waals surface area contributed by atoms with Crippen molar-refractivity contribution in [3.63, 3.8) is 0 Å². The molecule has 1 N–H and O–H groups in total. The van der Waals surface area contributed by atoms with E-state index in [1.165, 1.54) is 0 Å². The van der Waals surface area contributed by atoms with Crippen LogP contribution in [0.4, 0.5) is 0 Å². The van der Waals surface area contributed by atoms with Gasteiger partial charge in [-0.25, -0.2) is 0 Å². The Morgan fingerprint density at radius 1 is 1.43 bits per heavy atom. The van der Waals surface area contributed by atoms with E-state index in [-0.39, 0.29) is 5.91 Å². The lowest BCUT2D eigenvalue weighted by atomic mass is 10.3. The van der Waals surface area contributed by atoms with Crippen LogP contribution in [0, 0.1) is 0 Å². The van der Waals surface area contributed by atoms with Gasteiger partial charge in [0.1, 0.15) is 0 Å². The van der Waals surface area contributed by atoms with Crippen LogP contribution in [0.3, 0.4) is 0 Å². The number of nitrogens with zero attached hydrogens (tertiary/aromatic N) is 1. The summed E-state index contributed by atoms with van der Waals surface area (Å²) in [5, 5.41) is 3.22. The second-order valence-electron chi connectivity index (χ2n) is 3.29. The van der Waals surface area contributed by atoms with Crippen molar-refractivity contribution in [1.82, 2.24) is 10.2 Å². The first-order chi connectivity index (χ1) is 6.83. The molecule has 0 atom stereocenters. The highest BCUT2D eigenvalue weighted by Crippen LogP contribution is 1.97. The van der Waals surface area contributed by atoms with Crippen LogP contribution in [-0.4, -0.2) is 55.5 Å². The van der Waals surface area contributed by atoms with E-state index in [0.717, 1.165) is 45.8 Å². The summed E-state index contributed by atoms with van der Waals surface area (Å²) in [6.07, 6.45) is 1.01. The molecule has 4 nitrogen and oxygen atoms in total. The van der Waals surface area contributed by atoms with E-state index >= 15 is 0 Å². The van der Waals surface area contributed by atoms with Crippen molar-refractivity contribution in [2.45, 2.75) is 6.42 Å². The van der Waals surface area contributed by atoms with Crippen LogP contribution in [0.25, 0.3) is 0 Å². The maximum atomic E-state index is 10.9. The molecule has 0 radical (unpaired) electrons. The Hall–Kier alpha value is -0.130. The molecule has 1 rings (SSSR count). The fourth-order valence-corrected chi connectivity index (χ4v) is 1.60. The highest BCUT2D eigenvalue weighted by molar-refractivity contribution is 9.09. The Balaban J connectivity index is 1.94. The monoisotopic (exact) mass is 264 g/mol. The van der Waals surface area contributed by atoms with Crippen molar-refractivity contribution in [2.75, 3.05) is 44.7 Å². The molecule has 14 heavy (non-hydrogen) atoms. The number of carbonyl (C=O) groups excluding carboxylic acids is 1. The summed E-state index contributed by atoms with van der Waals surface area (Å²) < 4.78 is 5.24. The number of amides is 1. The molecule has 1 aliphatic heterocycles. The highest BCUT2D eigenvalue weighted by atomic mass is 79.9. The molecule has 0 bridgehead atoms. The Bertz CT molecular complexity index is 172. The zero-order valence-electron chi connectivity index (χ0n) is 8.30. The minimum Gasteiger partial charge on any atom is -0.379 e. The van der Waals surface area contributed by atoms with E-state index in [1.807, 2.05) is 0 Å². The standard InChI is InChI=1S/C9H17BrN2O2/c10-8-9(13)11-2-1-3-12-4-6-14-7-5-12/h1-8H2,(H,11,13). The van der Waals surface area contributed by atoms with Gasteiger partial charge < -0.3 is 10.1 Å². The predicted molar refractivity (Wildman–Crippen MR) is 58.7 cm³/mol. The van der Waals surface area contributed by atoms with Crippen LogP contribution in [0.15, 0.2) is 0 Å². The van der Waals surface area contributed by atoms with Gasteiger partial charge in [-0.15, -0.1) is 0 Å². The number of alkyl halides is 1. The molecule has 0 aromatic heterocycles. The maximum Gasteiger partial charge on any atom is 0.230 e. The maximum absolute atomic E-state index is 10.9. The van der Waals surface area contributed by atoms with E-state index in [0.29, 0.717) is 5.33 Å². The van der Waals surface area contributed by atoms with Crippen molar-refractivity contribution in [3.05, 3.63) is 0 Å². The lowest BCUT2D eigenvalue weighted by Gasteiger charge is -2.26. The number of ether oxygens (including phenoxy) is 1. The van der Waals surface area contributed by atoms with E-state index in [9.17, 15) is 4.79 Å². The first-order valence-corrected chi connectivity index (χ1v) is 6.08. The van der Waals surface area contributed by atoms with Crippen molar-refractivity contribution in [3.8, 4) is 0 Å². The SMILES string of the molecule is O=C(CBr)NCCCN1CCOCC1. The first kappa shape index (κ1) is 11.9. The summed E-state index contributed by atoms with van der Waals surface area (Å²) in [5.41, 5.74) is 0. The zero-order chi connectivity index (χ0) is 10.2. The van der Waals surface area contributed by atoms with Crippen LogP contribution in [0.5, 0.6) is 0 Å². The van der Waals surface area contributed by atoms with Gasteiger partial charge in [-0.1, -0.05) is 15.9 Å². The third kappa shape index (κ3) is 4.93. The quantitative estimate of drug-likeness (QED) is 0.571. The Morgan fingerprint density at radius 2 is 2.14 bits per heavy atom. The lowest BCUT2D eigenvalue weighted by Crippen LogP contribution is -2.38. The Morgan fingerprint density at radius 3 is 2.79 bits per heavy atom. The highest BCUT2D eigenvalue weighted by Gasteiger charge is 2.09. The van der Waals surface area contributed by atoms with E-state index in [2.05, 4.69) is 26.1 Å². The van der Waals surface area contributed by atoms with Crippen LogP contribution in [0.1, 0.15) is 6.42 Å². The molecule has 0 aromatic rings. The van der Waals surface area contributed by atoms with Gasteiger partial charge in [0.05, 0.1) is 18.5 Å². The number of hydrogen-bond acceptors (Lipinski definition) is 3. The van der Waals surface area contributed by atoms with Gasteiger partial charge in [0.2, 0.25) is 5.91 Å². The van der Waals surface area contributed by atoms with Crippen LogP contribution >= 0.6 is 15.9 Å². The number of nitrogens with one attached hydrogen (secondary N) is 1. The first-order valence-electron chi connectivity index (χ1n) is 4.95. The van der Waals surface area contributed by atoms with Gasteiger partial charge in [0.25, 0.3) is 0 Å². The molecule has 82 valence electrons. The molecule has 0 aromatic carbocycles. The molecule has 1 aliphatic rings. The summed E-state index contributed by atoms with van der Waals surface area (Å²) >= 11 is 3.10. The summed E-state index contributed by atoms with van der Waals surface area (Å²) in [6.45, 7) is 5.54. The molecule has 0 unspecified atom stereocenters. The van der Waals surface area contributed by atoms with Gasteiger partial charge >= 0.3 is 0 Å². The smallest absolute Gasteiger partial charge is 0.230 e. The van der Waals surface area contributed by atoms with Crippen LogP contribution in [-0.2, 0) is 9.53 Å². The molecule has 5 heteroatoms. The fourth-order valence-electron chi connectivity index (χ4n) is 1.40. The van der Waals surface area contributed by atoms with E-state index in [4.69, 9.17) is 4.74 Å². The molecule has 1 heterocycles. The molecule has 1 fully saturated rings. The van der Waals surface area contributed by atoms with Crippen molar-refractivity contribution in [1.29, 1.82) is 0 Å². The van der Waals surface area contributed by atoms with Crippen LogP contribution in [0.2, 0.25) is 0 Å². The topological polar surface area (TPSA) is 41.6 Å². The van der Waals surface area contributed by atoms with Gasteiger partial charge in [-0.05, 0) is 13.0 Å². The minimum absolute atomic E-state index is 0.0620. The average Bonchev–Trinajstić information content (AvgIpc) is 2.25. The average molecular weight is 265 g/mol. The van der Waals surface area contributed by atoms with Gasteiger partial charge in [-0.3, -0.25) is 9.69 Å². The van der Waals surface area contributed by atoms with Gasteiger partial charge in [-0.2, -0.15) is 0 Å². The van der Waals surface area contributed by atoms with Crippen molar-refractivity contribution in [2.24, 2.45) is 0 Å². The third-order valence-electron chi connectivity index (χ3n) is 2.20. The summed E-state index contributed by atoms with van der Waals surface area (Å²) in [5.74, 6) is 0.0620. The molecule has 0 saturated carbocycles. The molecular formula is C9H17BrN2O2. The zero-order valence-corrected chi connectivity index (χ0v) is 9.88. The number of halogens is 1. The third-order valence-corrected chi connectivity index (χ3v) is 2.71. The van der Waals surface area contributed by atoms with Crippen molar-refractivity contribution >= 4 is 21.8 Å². The Labute approximate surface area is 93.1 Å². The Kier molecular flexibility index (Phi) is 6.14.